The number of hydrogen-bond acceptors (Lipinski definition) is 2. The number of nitrogens with zero attached hydrogens (tertiary/aromatic N) is 2. The van der Waals surface area contributed by atoms with Crippen molar-refractivity contribution in [1.29, 1.82) is 0 Å². The third kappa shape index (κ3) is 2.00. The molecule has 0 saturated carbocycles. The average Bonchev–Trinajstić information content (AvgIpc) is 2.97. The van der Waals surface area contributed by atoms with Crippen molar-refractivity contribution >= 4 is 34.0 Å². The molecular weight excluding hydrogens is 292 g/mol. The lowest BCUT2D eigenvalue weighted by Gasteiger charge is -2.08. The molecule has 0 fully saturated rings. The van der Waals surface area contributed by atoms with E-state index in [2.05, 4.69) is 19.1 Å². The van der Waals surface area contributed by atoms with E-state index in [4.69, 9.17) is 11.6 Å². The largest absolute Gasteiger partial charge is 0.328 e. The third-order valence-electron chi connectivity index (χ3n) is 3.60. The van der Waals surface area contributed by atoms with Crippen molar-refractivity contribution in [2.45, 2.75) is 12.3 Å². The number of hydrogen-bond donors (Lipinski definition) is 0. The van der Waals surface area contributed by atoms with Gasteiger partial charge in [0.1, 0.15) is 0 Å². The molecule has 0 bridgehead atoms. The first-order chi connectivity index (χ1) is 9.49. The van der Waals surface area contributed by atoms with Gasteiger partial charge in [0.25, 0.3) is 0 Å². The predicted molar refractivity (Wildman–Crippen MR) is 84.9 cm³/mol. The fourth-order valence-electron chi connectivity index (χ4n) is 2.44. The van der Waals surface area contributed by atoms with Gasteiger partial charge in [-0.3, -0.25) is 9.13 Å². The molecule has 0 saturated heterocycles. The fraction of sp³-hybridized carbons (Fsp3) is 0.267. The number of thiophene rings is 1. The molecule has 5 heteroatoms. The lowest BCUT2D eigenvalue weighted by atomic mass is 10.1. The van der Waals surface area contributed by atoms with Gasteiger partial charge in [-0.1, -0.05) is 6.07 Å². The molecule has 2 aromatic heterocycles. The Morgan fingerprint density at radius 3 is 2.45 bits per heavy atom. The van der Waals surface area contributed by atoms with E-state index < -0.39 is 0 Å². The van der Waals surface area contributed by atoms with Gasteiger partial charge in [-0.05, 0) is 36.8 Å². The summed E-state index contributed by atoms with van der Waals surface area (Å²) in [7, 11) is 3.57. The maximum absolute atomic E-state index is 11.9. The molecule has 0 spiro atoms. The molecule has 3 rings (SSSR count). The number of fused-ring (bicyclic) bond motifs is 1. The highest BCUT2D eigenvalue weighted by molar-refractivity contribution is 7.12. The van der Waals surface area contributed by atoms with E-state index in [1.807, 2.05) is 18.2 Å². The van der Waals surface area contributed by atoms with Gasteiger partial charge in [-0.2, -0.15) is 0 Å². The van der Waals surface area contributed by atoms with Crippen molar-refractivity contribution in [3.05, 3.63) is 56.1 Å². The van der Waals surface area contributed by atoms with Gasteiger partial charge >= 0.3 is 5.69 Å². The number of halogens is 1. The lowest BCUT2D eigenvalue weighted by molar-refractivity contribution is 0.795. The van der Waals surface area contributed by atoms with Crippen LogP contribution in [0.1, 0.15) is 20.7 Å². The van der Waals surface area contributed by atoms with Gasteiger partial charge in [-0.25, -0.2) is 4.79 Å². The second-order valence-corrected chi connectivity index (χ2v) is 6.72. The first kappa shape index (κ1) is 13.5. The van der Waals surface area contributed by atoms with Crippen LogP contribution in [0.15, 0.2) is 35.1 Å². The van der Waals surface area contributed by atoms with Gasteiger partial charge in [0.05, 0.1) is 16.4 Å². The van der Waals surface area contributed by atoms with Gasteiger partial charge in [0.15, 0.2) is 0 Å². The summed E-state index contributed by atoms with van der Waals surface area (Å²) in [6.07, 6.45) is 0. The molecule has 0 aliphatic rings. The van der Waals surface area contributed by atoms with E-state index in [-0.39, 0.29) is 11.1 Å². The highest BCUT2D eigenvalue weighted by atomic mass is 35.5. The molecule has 0 aliphatic carbocycles. The quantitative estimate of drug-likeness (QED) is 0.665. The molecule has 0 aliphatic heterocycles. The van der Waals surface area contributed by atoms with Crippen LogP contribution < -0.4 is 5.69 Å². The minimum atomic E-state index is -0.173. The van der Waals surface area contributed by atoms with Gasteiger partial charge < -0.3 is 0 Å². The minimum Gasteiger partial charge on any atom is -0.295 e. The van der Waals surface area contributed by atoms with Crippen LogP contribution in [0.2, 0.25) is 0 Å². The number of aryl methyl sites for hydroxylation is 3. The van der Waals surface area contributed by atoms with Crippen LogP contribution in [0, 0.1) is 6.92 Å². The van der Waals surface area contributed by atoms with Crippen molar-refractivity contribution in [3.8, 4) is 0 Å². The maximum atomic E-state index is 11.9. The zero-order chi connectivity index (χ0) is 14.4. The molecule has 3 aromatic rings. The molecule has 2 heterocycles. The van der Waals surface area contributed by atoms with E-state index in [9.17, 15) is 4.79 Å². The van der Waals surface area contributed by atoms with E-state index in [0.29, 0.717) is 0 Å². The third-order valence-corrected chi connectivity index (χ3v) is 5.28. The second kappa shape index (κ2) is 4.79. The number of benzene rings is 1. The van der Waals surface area contributed by atoms with Crippen LogP contribution >= 0.6 is 22.9 Å². The molecular formula is C15H15ClN2OS. The Hall–Kier alpha value is -1.52. The second-order valence-electron chi connectivity index (χ2n) is 4.96. The number of alkyl halides is 1. The SMILES string of the molecule is Cc1ccc(C(Cl)c2ccc3c(c2)n(C)c(=O)n3C)s1. The standard InChI is InChI=1S/C15H15ClN2OS/c1-9-4-7-13(20-9)14(16)10-5-6-11-12(8-10)18(3)15(19)17(11)2/h4-8,14H,1-3H3. The van der Waals surface area contributed by atoms with Crippen LogP contribution in [0.25, 0.3) is 11.0 Å². The van der Waals surface area contributed by atoms with Gasteiger partial charge in [0.2, 0.25) is 0 Å². The first-order valence-corrected chi connectivity index (χ1v) is 7.60. The summed E-state index contributed by atoms with van der Waals surface area (Å²) < 4.78 is 3.31. The highest BCUT2D eigenvalue weighted by Crippen LogP contribution is 2.34. The molecule has 1 atom stereocenters. The Bertz CT molecular complexity index is 843. The highest BCUT2D eigenvalue weighted by Gasteiger charge is 2.15. The maximum Gasteiger partial charge on any atom is 0.328 e. The lowest BCUT2D eigenvalue weighted by Crippen LogP contribution is -2.19. The summed E-state index contributed by atoms with van der Waals surface area (Å²) in [5.41, 5.74) is 2.83. The van der Waals surface area contributed by atoms with Crippen LogP contribution in [-0.4, -0.2) is 9.13 Å². The molecule has 104 valence electrons. The topological polar surface area (TPSA) is 26.9 Å². The van der Waals surface area contributed by atoms with Gasteiger partial charge in [-0.15, -0.1) is 22.9 Å². The number of aromatic nitrogens is 2. The molecule has 0 amide bonds. The molecule has 0 N–H and O–H groups in total. The molecule has 1 aromatic carbocycles. The van der Waals surface area contributed by atoms with E-state index >= 15 is 0 Å². The Balaban J connectivity index is 2.14. The summed E-state index contributed by atoms with van der Waals surface area (Å²) in [4.78, 5) is 14.3. The molecule has 1 unspecified atom stereocenters. The van der Waals surface area contributed by atoms with Crippen LogP contribution in [0.3, 0.4) is 0 Å². The van der Waals surface area contributed by atoms with Crippen molar-refractivity contribution < 1.29 is 0 Å². The van der Waals surface area contributed by atoms with Crippen molar-refractivity contribution in [2.24, 2.45) is 14.1 Å². The number of imidazole rings is 1. The predicted octanol–water partition coefficient (Wildman–Crippen LogP) is 3.58. The first-order valence-electron chi connectivity index (χ1n) is 6.35. The van der Waals surface area contributed by atoms with E-state index in [1.54, 1.807) is 34.6 Å². The smallest absolute Gasteiger partial charge is 0.295 e. The van der Waals surface area contributed by atoms with Crippen LogP contribution in [0.4, 0.5) is 0 Å². The Morgan fingerprint density at radius 1 is 1.10 bits per heavy atom. The Morgan fingerprint density at radius 2 is 1.80 bits per heavy atom. The molecule has 3 nitrogen and oxygen atoms in total. The normalized spacial score (nSPS) is 13.0. The summed E-state index contributed by atoms with van der Waals surface area (Å²) in [5.74, 6) is 0. The average molecular weight is 307 g/mol. The summed E-state index contributed by atoms with van der Waals surface area (Å²) >= 11 is 8.26. The summed E-state index contributed by atoms with van der Waals surface area (Å²) in [5, 5.41) is -0.173. The minimum absolute atomic E-state index is 0.0183. The van der Waals surface area contributed by atoms with E-state index in [0.717, 1.165) is 21.5 Å². The zero-order valence-corrected chi connectivity index (χ0v) is 13.1. The van der Waals surface area contributed by atoms with Crippen molar-refractivity contribution in [2.75, 3.05) is 0 Å². The van der Waals surface area contributed by atoms with Crippen LogP contribution in [0.5, 0.6) is 0 Å². The summed E-state index contributed by atoms with van der Waals surface area (Å²) in [6, 6.07) is 10.1. The monoisotopic (exact) mass is 306 g/mol. The molecule has 0 radical (unpaired) electrons. The summed E-state index contributed by atoms with van der Waals surface area (Å²) in [6.45, 7) is 2.07. The van der Waals surface area contributed by atoms with Gasteiger partial charge in [0, 0.05) is 23.8 Å². The fourth-order valence-corrected chi connectivity index (χ4v) is 3.66. The Kier molecular flexibility index (Phi) is 3.22. The zero-order valence-electron chi connectivity index (χ0n) is 11.6. The van der Waals surface area contributed by atoms with Crippen molar-refractivity contribution in [1.82, 2.24) is 9.13 Å². The number of rotatable bonds is 2. The van der Waals surface area contributed by atoms with Crippen molar-refractivity contribution in [3.63, 3.8) is 0 Å². The molecule has 20 heavy (non-hydrogen) atoms. The van der Waals surface area contributed by atoms with E-state index in [1.165, 1.54) is 4.88 Å². The van der Waals surface area contributed by atoms with Crippen LogP contribution in [-0.2, 0) is 14.1 Å². The Labute approximate surface area is 126 Å².